The molecule has 1 amide bonds. The summed E-state index contributed by atoms with van der Waals surface area (Å²) >= 11 is 0. The quantitative estimate of drug-likeness (QED) is 0.429. The van der Waals surface area contributed by atoms with Gasteiger partial charge in [0.1, 0.15) is 12.4 Å². The van der Waals surface area contributed by atoms with E-state index >= 15 is 0 Å². The topological polar surface area (TPSA) is 110 Å². The molecule has 10 heteroatoms. The molecular weight excluding hydrogens is 461 g/mol. The number of H-pyrrole nitrogens is 1. The van der Waals surface area contributed by atoms with Crippen LogP contribution in [-0.4, -0.2) is 51.9 Å². The van der Waals surface area contributed by atoms with Crippen LogP contribution in [0.3, 0.4) is 0 Å². The number of carbonyl (C=O) groups excluding carboxylic acids is 1. The summed E-state index contributed by atoms with van der Waals surface area (Å²) in [6, 6.07) is 14.7. The number of hydrogen-bond donors (Lipinski definition) is 2. The van der Waals surface area contributed by atoms with Crippen LogP contribution in [0.4, 0.5) is 21.6 Å². The van der Waals surface area contributed by atoms with Crippen molar-refractivity contribution in [3.63, 3.8) is 0 Å². The molecule has 182 valence electrons. The van der Waals surface area contributed by atoms with Crippen LogP contribution < -0.4 is 15.0 Å². The van der Waals surface area contributed by atoms with Crippen LogP contribution in [0, 0.1) is 24.1 Å². The zero-order valence-corrected chi connectivity index (χ0v) is 19.9. The average molecular weight is 486 g/mol. The van der Waals surface area contributed by atoms with Crippen LogP contribution in [-0.2, 0) is 4.79 Å². The molecule has 0 spiro atoms. The summed E-state index contributed by atoms with van der Waals surface area (Å²) in [7, 11) is 0. The van der Waals surface area contributed by atoms with E-state index < -0.39 is 5.82 Å². The third-order valence-electron chi connectivity index (χ3n) is 6.19. The number of aryl methyl sites for hydroxylation is 1. The lowest BCUT2D eigenvalue weighted by atomic mass is 10.2. The molecule has 0 saturated carbocycles. The SMILES string of the molecule is CC(=O)N1CCN(c2ccc(Nc3ncnc(Oc4ccc5[nH]c(C)cc5c4F)c3C#N)cc2)CC1. The van der Waals surface area contributed by atoms with Crippen LogP contribution in [0.5, 0.6) is 11.6 Å². The number of benzene rings is 2. The molecule has 5 rings (SSSR count). The largest absolute Gasteiger partial charge is 0.434 e. The van der Waals surface area contributed by atoms with Crippen molar-refractivity contribution >= 4 is 34.0 Å². The van der Waals surface area contributed by atoms with Gasteiger partial charge >= 0.3 is 0 Å². The standard InChI is InChI=1S/C26H24FN7O2/c1-16-13-20-22(31-16)7-8-23(24(20)27)36-26-21(14-28)25(29-15-30-26)32-18-3-5-19(6-4-18)34-11-9-33(10-12-34)17(2)35/h3-8,13,15,31H,9-12H2,1-2H3,(H,29,30,32). The van der Waals surface area contributed by atoms with Gasteiger partial charge in [0.25, 0.3) is 0 Å². The zero-order chi connectivity index (χ0) is 25.2. The molecule has 4 aromatic rings. The first-order chi connectivity index (χ1) is 17.4. The third-order valence-corrected chi connectivity index (χ3v) is 6.19. The molecule has 0 radical (unpaired) electrons. The van der Waals surface area contributed by atoms with Crippen LogP contribution >= 0.6 is 0 Å². The van der Waals surface area contributed by atoms with E-state index in [9.17, 15) is 14.4 Å². The van der Waals surface area contributed by atoms with Gasteiger partial charge in [0.15, 0.2) is 22.9 Å². The molecule has 2 aromatic heterocycles. The number of nitriles is 1. The first-order valence-corrected chi connectivity index (χ1v) is 11.5. The summed E-state index contributed by atoms with van der Waals surface area (Å²) in [5.41, 5.74) is 3.31. The van der Waals surface area contributed by atoms with Crippen LogP contribution in [0.25, 0.3) is 10.9 Å². The molecule has 36 heavy (non-hydrogen) atoms. The molecule has 1 saturated heterocycles. The molecule has 1 aliphatic heterocycles. The van der Waals surface area contributed by atoms with Crippen molar-refractivity contribution in [1.82, 2.24) is 19.9 Å². The molecule has 0 unspecified atom stereocenters. The molecule has 9 nitrogen and oxygen atoms in total. The van der Waals surface area contributed by atoms with Gasteiger partial charge in [-0.15, -0.1) is 0 Å². The summed E-state index contributed by atoms with van der Waals surface area (Å²) in [6.45, 7) is 6.36. The summed E-state index contributed by atoms with van der Waals surface area (Å²) in [5, 5.41) is 13.3. The lowest BCUT2D eigenvalue weighted by Crippen LogP contribution is -2.48. The van der Waals surface area contributed by atoms with E-state index in [4.69, 9.17) is 4.74 Å². The first-order valence-electron chi connectivity index (χ1n) is 11.5. The van der Waals surface area contributed by atoms with Crippen molar-refractivity contribution in [2.45, 2.75) is 13.8 Å². The van der Waals surface area contributed by atoms with Crippen LogP contribution in [0.2, 0.25) is 0 Å². The van der Waals surface area contributed by atoms with Gasteiger partial charge in [-0.3, -0.25) is 4.79 Å². The zero-order valence-electron chi connectivity index (χ0n) is 19.9. The number of aromatic nitrogens is 3. The molecule has 1 aliphatic rings. The van der Waals surface area contributed by atoms with Gasteiger partial charge in [-0.05, 0) is 49.4 Å². The fraction of sp³-hybridized carbons (Fsp3) is 0.231. The Kier molecular flexibility index (Phi) is 6.12. The number of rotatable bonds is 5. The average Bonchev–Trinajstić information content (AvgIpc) is 3.27. The molecule has 0 aliphatic carbocycles. The Morgan fingerprint density at radius 3 is 2.58 bits per heavy atom. The number of halogens is 1. The van der Waals surface area contributed by atoms with Gasteiger partial charge in [-0.25, -0.2) is 14.4 Å². The maximum Gasteiger partial charge on any atom is 0.242 e. The predicted octanol–water partition coefficient (Wildman–Crippen LogP) is 4.48. The van der Waals surface area contributed by atoms with Crippen molar-refractivity contribution < 1.29 is 13.9 Å². The van der Waals surface area contributed by atoms with Gasteiger partial charge in [-0.2, -0.15) is 5.26 Å². The third kappa shape index (κ3) is 4.51. The fourth-order valence-electron chi connectivity index (χ4n) is 4.29. The minimum absolute atomic E-state index is 0.0307. The first kappa shape index (κ1) is 23.1. The highest BCUT2D eigenvalue weighted by molar-refractivity contribution is 5.83. The van der Waals surface area contributed by atoms with E-state index in [-0.39, 0.29) is 28.9 Å². The normalized spacial score (nSPS) is 13.5. The fourth-order valence-corrected chi connectivity index (χ4v) is 4.29. The Balaban J connectivity index is 1.33. The minimum Gasteiger partial charge on any atom is -0.434 e. The number of carbonyl (C=O) groups is 1. The number of aromatic amines is 1. The van der Waals surface area contributed by atoms with Crippen molar-refractivity contribution in [2.75, 3.05) is 36.4 Å². The highest BCUT2D eigenvalue weighted by Crippen LogP contribution is 2.33. The Labute approximate surface area is 207 Å². The van der Waals surface area contributed by atoms with E-state index in [1.165, 1.54) is 12.4 Å². The van der Waals surface area contributed by atoms with E-state index in [0.717, 1.165) is 30.2 Å². The van der Waals surface area contributed by atoms with Crippen LogP contribution in [0.1, 0.15) is 18.2 Å². The Morgan fingerprint density at radius 1 is 1.14 bits per heavy atom. The molecule has 1 fully saturated rings. The number of anilines is 3. The number of hydrogen-bond acceptors (Lipinski definition) is 7. The number of nitrogens with zero attached hydrogens (tertiary/aromatic N) is 5. The Hall–Kier alpha value is -4.65. The smallest absolute Gasteiger partial charge is 0.242 e. The number of fused-ring (bicyclic) bond motifs is 1. The summed E-state index contributed by atoms with van der Waals surface area (Å²) in [5.74, 6) is -0.256. The Bertz CT molecular complexity index is 1470. The molecule has 0 atom stereocenters. The van der Waals surface area contributed by atoms with Crippen molar-refractivity contribution in [3.8, 4) is 17.7 Å². The number of nitrogens with one attached hydrogen (secondary N) is 2. The van der Waals surface area contributed by atoms with Crippen molar-refractivity contribution in [2.24, 2.45) is 0 Å². The Morgan fingerprint density at radius 2 is 1.89 bits per heavy atom. The monoisotopic (exact) mass is 485 g/mol. The summed E-state index contributed by atoms with van der Waals surface area (Å²) in [6.07, 6.45) is 1.26. The van der Waals surface area contributed by atoms with E-state index in [2.05, 4.69) is 31.2 Å². The molecular formula is C26H24FN7O2. The lowest BCUT2D eigenvalue weighted by molar-refractivity contribution is -0.129. The number of ether oxygens (including phenoxy) is 1. The highest BCUT2D eigenvalue weighted by Gasteiger charge is 2.20. The predicted molar refractivity (Wildman–Crippen MR) is 134 cm³/mol. The van der Waals surface area contributed by atoms with Gasteiger partial charge in [0.2, 0.25) is 11.8 Å². The number of amides is 1. The second kappa shape index (κ2) is 9.54. The van der Waals surface area contributed by atoms with E-state index in [1.54, 1.807) is 19.1 Å². The molecule has 0 bridgehead atoms. The van der Waals surface area contributed by atoms with E-state index in [0.29, 0.717) is 24.0 Å². The second-order valence-corrected chi connectivity index (χ2v) is 8.57. The van der Waals surface area contributed by atoms with E-state index in [1.807, 2.05) is 36.1 Å². The van der Waals surface area contributed by atoms with Crippen molar-refractivity contribution in [1.29, 1.82) is 5.26 Å². The van der Waals surface area contributed by atoms with Crippen molar-refractivity contribution in [3.05, 3.63) is 65.9 Å². The molecule has 3 heterocycles. The van der Waals surface area contributed by atoms with Gasteiger partial charge in [0.05, 0.1) is 0 Å². The molecule has 2 aromatic carbocycles. The maximum absolute atomic E-state index is 15.0. The van der Waals surface area contributed by atoms with Gasteiger partial charge in [-0.1, -0.05) is 0 Å². The molecule has 2 N–H and O–H groups in total. The van der Waals surface area contributed by atoms with Gasteiger partial charge in [0, 0.05) is 61.1 Å². The second-order valence-electron chi connectivity index (χ2n) is 8.57. The summed E-state index contributed by atoms with van der Waals surface area (Å²) < 4.78 is 20.7. The lowest BCUT2D eigenvalue weighted by Gasteiger charge is -2.35. The summed E-state index contributed by atoms with van der Waals surface area (Å²) in [4.78, 5) is 26.9. The highest BCUT2D eigenvalue weighted by atomic mass is 19.1. The van der Waals surface area contributed by atoms with Gasteiger partial charge < -0.3 is 24.8 Å². The minimum atomic E-state index is -0.534. The maximum atomic E-state index is 15.0. The van der Waals surface area contributed by atoms with Crippen LogP contribution in [0.15, 0.2) is 48.8 Å². The number of piperazine rings is 1.